The molecule has 148 valence electrons. The second-order valence-electron chi connectivity index (χ2n) is 7.15. The van der Waals surface area contributed by atoms with E-state index in [1.807, 2.05) is 51.2 Å². The van der Waals surface area contributed by atoms with E-state index in [0.29, 0.717) is 18.7 Å². The quantitative estimate of drug-likeness (QED) is 0.589. The number of carbonyl (C=O) groups is 2. The summed E-state index contributed by atoms with van der Waals surface area (Å²) in [7, 11) is 1.86. The largest absolute Gasteiger partial charge is 0.444 e. The van der Waals surface area contributed by atoms with Crippen molar-refractivity contribution in [1.29, 1.82) is 0 Å². The van der Waals surface area contributed by atoms with Crippen LogP contribution in [0.5, 0.6) is 0 Å². The molecule has 0 bridgehead atoms. The number of hydrogen-bond donors (Lipinski definition) is 0. The summed E-state index contributed by atoms with van der Waals surface area (Å²) in [6, 6.07) is 9.20. The number of likely N-dealkylation sites (tertiary alicyclic amines) is 1. The number of aryl methyl sites for hydroxylation is 2. The molecule has 0 spiro atoms. The van der Waals surface area contributed by atoms with Crippen LogP contribution < -0.4 is 0 Å². The maximum Gasteiger partial charge on any atom is 0.331 e. The molecule has 1 amide bonds. The summed E-state index contributed by atoms with van der Waals surface area (Å²) < 4.78 is 7.39. The second kappa shape index (κ2) is 8.87. The summed E-state index contributed by atoms with van der Waals surface area (Å²) in [6.45, 7) is 5.26. The molecule has 1 fully saturated rings. The average Bonchev–Trinajstić information content (AvgIpc) is 2.96. The zero-order valence-electron chi connectivity index (χ0n) is 16.7. The molecule has 1 aromatic carbocycles. The summed E-state index contributed by atoms with van der Waals surface area (Å²) >= 11 is 0. The molecule has 1 atom stereocenters. The summed E-state index contributed by atoms with van der Waals surface area (Å²) in [6.07, 6.45) is 5.25. The van der Waals surface area contributed by atoms with Gasteiger partial charge in [-0.2, -0.15) is 5.10 Å². The zero-order chi connectivity index (χ0) is 20.1. The SMILES string of the molecule is Cc1nn(C)c(C)c1/C=C/C(=O)O[C@@H](C(=O)N1CCCCC1)c1ccccc1. The molecule has 3 rings (SSSR count). The van der Waals surface area contributed by atoms with Gasteiger partial charge in [-0.05, 0) is 39.2 Å². The number of hydrogen-bond acceptors (Lipinski definition) is 4. The normalized spacial score (nSPS) is 15.6. The van der Waals surface area contributed by atoms with E-state index in [0.717, 1.165) is 36.2 Å². The number of rotatable bonds is 5. The Balaban J connectivity index is 1.78. The van der Waals surface area contributed by atoms with Gasteiger partial charge in [0, 0.05) is 43.0 Å². The zero-order valence-corrected chi connectivity index (χ0v) is 16.7. The molecule has 0 aliphatic carbocycles. The number of benzene rings is 1. The molecular formula is C22H27N3O3. The molecular weight excluding hydrogens is 354 g/mol. The van der Waals surface area contributed by atoms with Crippen LogP contribution in [0.1, 0.15) is 47.9 Å². The third-order valence-electron chi connectivity index (χ3n) is 5.18. The maximum absolute atomic E-state index is 13.0. The van der Waals surface area contributed by atoms with Crippen LogP contribution in [0.25, 0.3) is 6.08 Å². The van der Waals surface area contributed by atoms with Crippen molar-refractivity contribution in [3.05, 3.63) is 58.9 Å². The molecule has 1 saturated heterocycles. The summed E-state index contributed by atoms with van der Waals surface area (Å²) in [5.41, 5.74) is 3.38. The number of piperidine rings is 1. The molecule has 6 heteroatoms. The minimum atomic E-state index is -0.924. The molecule has 1 aliphatic rings. The van der Waals surface area contributed by atoms with Gasteiger partial charge < -0.3 is 9.64 Å². The fourth-order valence-corrected chi connectivity index (χ4v) is 3.51. The lowest BCUT2D eigenvalue weighted by molar-refractivity contribution is -0.157. The van der Waals surface area contributed by atoms with Crippen LogP contribution in [0, 0.1) is 13.8 Å². The third-order valence-corrected chi connectivity index (χ3v) is 5.18. The highest BCUT2D eigenvalue weighted by Crippen LogP contribution is 2.23. The molecule has 0 unspecified atom stereocenters. The van der Waals surface area contributed by atoms with Crippen molar-refractivity contribution >= 4 is 18.0 Å². The maximum atomic E-state index is 13.0. The Morgan fingerprint density at radius 2 is 1.79 bits per heavy atom. The van der Waals surface area contributed by atoms with Crippen LogP contribution >= 0.6 is 0 Å². The Labute approximate surface area is 165 Å². The van der Waals surface area contributed by atoms with Crippen molar-refractivity contribution in [1.82, 2.24) is 14.7 Å². The van der Waals surface area contributed by atoms with E-state index in [4.69, 9.17) is 4.74 Å². The molecule has 2 heterocycles. The summed E-state index contributed by atoms with van der Waals surface area (Å²) in [5, 5.41) is 4.34. The van der Waals surface area contributed by atoms with Crippen LogP contribution in [0.3, 0.4) is 0 Å². The predicted octanol–water partition coefficient (Wildman–Crippen LogP) is 3.35. The van der Waals surface area contributed by atoms with Gasteiger partial charge in [0.1, 0.15) is 0 Å². The van der Waals surface area contributed by atoms with Crippen molar-refractivity contribution in [2.45, 2.75) is 39.2 Å². The van der Waals surface area contributed by atoms with Crippen LogP contribution in [0.4, 0.5) is 0 Å². The fourth-order valence-electron chi connectivity index (χ4n) is 3.51. The van der Waals surface area contributed by atoms with Gasteiger partial charge in [-0.1, -0.05) is 30.3 Å². The van der Waals surface area contributed by atoms with E-state index in [2.05, 4.69) is 5.10 Å². The average molecular weight is 381 g/mol. The first kappa shape index (κ1) is 19.9. The highest BCUT2D eigenvalue weighted by Gasteiger charge is 2.29. The Kier molecular flexibility index (Phi) is 6.29. The molecule has 1 aliphatic heterocycles. The van der Waals surface area contributed by atoms with Crippen molar-refractivity contribution in [3.8, 4) is 0 Å². The van der Waals surface area contributed by atoms with Gasteiger partial charge in [0.15, 0.2) is 0 Å². The Hall–Kier alpha value is -2.89. The van der Waals surface area contributed by atoms with Crippen molar-refractivity contribution in [3.63, 3.8) is 0 Å². The molecule has 28 heavy (non-hydrogen) atoms. The van der Waals surface area contributed by atoms with Crippen LogP contribution in [-0.4, -0.2) is 39.6 Å². The van der Waals surface area contributed by atoms with E-state index in [1.54, 1.807) is 15.7 Å². The molecule has 1 aromatic heterocycles. The molecule has 0 saturated carbocycles. The molecule has 6 nitrogen and oxygen atoms in total. The van der Waals surface area contributed by atoms with Crippen LogP contribution in [0.15, 0.2) is 36.4 Å². The Morgan fingerprint density at radius 1 is 1.11 bits per heavy atom. The number of ether oxygens (including phenoxy) is 1. The van der Waals surface area contributed by atoms with E-state index in [9.17, 15) is 9.59 Å². The van der Waals surface area contributed by atoms with Crippen molar-refractivity contribution in [2.75, 3.05) is 13.1 Å². The van der Waals surface area contributed by atoms with Crippen molar-refractivity contribution in [2.24, 2.45) is 7.05 Å². The molecule has 0 radical (unpaired) electrons. The lowest BCUT2D eigenvalue weighted by atomic mass is 10.1. The Morgan fingerprint density at radius 3 is 2.39 bits per heavy atom. The van der Waals surface area contributed by atoms with Crippen LogP contribution in [-0.2, 0) is 21.4 Å². The van der Waals surface area contributed by atoms with E-state index < -0.39 is 12.1 Å². The van der Waals surface area contributed by atoms with Gasteiger partial charge in [-0.25, -0.2) is 4.79 Å². The Bertz CT molecular complexity index is 865. The third kappa shape index (κ3) is 4.50. The van der Waals surface area contributed by atoms with Gasteiger partial charge >= 0.3 is 5.97 Å². The topological polar surface area (TPSA) is 64.4 Å². The monoisotopic (exact) mass is 381 g/mol. The standard InChI is InChI=1S/C22H27N3O3/c1-16-19(17(2)24(3)23-16)12-13-20(26)28-21(18-10-6-4-7-11-18)22(27)25-14-8-5-9-15-25/h4,6-7,10-13,21H,5,8-9,14-15H2,1-3H3/b13-12+/t21-/m1/s1. The first-order valence-corrected chi connectivity index (χ1v) is 9.70. The number of nitrogens with zero attached hydrogens (tertiary/aromatic N) is 3. The van der Waals surface area contributed by atoms with Gasteiger partial charge in [-0.15, -0.1) is 0 Å². The first-order valence-electron chi connectivity index (χ1n) is 9.70. The lowest BCUT2D eigenvalue weighted by Gasteiger charge is -2.30. The first-order chi connectivity index (χ1) is 13.5. The summed E-state index contributed by atoms with van der Waals surface area (Å²) in [4.78, 5) is 27.3. The van der Waals surface area contributed by atoms with E-state index in [-0.39, 0.29) is 5.91 Å². The minimum absolute atomic E-state index is 0.151. The van der Waals surface area contributed by atoms with Crippen LogP contribution in [0.2, 0.25) is 0 Å². The number of carbonyl (C=O) groups excluding carboxylic acids is 2. The van der Waals surface area contributed by atoms with Gasteiger partial charge in [0.2, 0.25) is 6.10 Å². The minimum Gasteiger partial charge on any atom is -0.444 e. The fraction of sp³-hybridized carbons (Fsp3) is 0.409. The predicted molar refractivity (Wildman–Crippen MR) is 107 cm³/mol. The van der Waals surface area contributed by atoms with Crippen molar-refractivity contribution < 1.29 is 14.3 Å². The highest BCUT2D eigenvalue weighted by molar-refractivity contribution is 5.91. The van der Waals surface area contributed by atoms with E-state index >= 15 is 0 Å². The van der Waals surface area contributed by atoms with Gasteiger partial charge in [0.25, 0.3) is 5.91 Å². The molecule has 2 aromatic rings. The van der Waals surface area contributed by atoms with Gasteiger partial charge in [0.05, 0.1) is 5.69 Å². The lowest BCUT2D eigenvalue weighted by Crippen LogP contribution is -2.40. The smallest absolute Gasteiger partial charge is 0.331 e. The molecule has 0 N–H and O–H groups in total. The number of amides is 1. The van der Waals surface area contributed by atoms with E-state index in [1.165, 1.54) is 6.08 Å². The highest BCUT2D eigenvalue weighted by atomic mass is 16.5. The number of aromatic nitrogens is 2. The second-order valence-corrected chi connectivity index (χ2v) is 7.15. The summed E-state index contributed by atoms with van der Waals surface area (Å²) in [5.74, 6) is -0.691. The number of esters is 1. The van der Waals surface area contributed by atoms with Gasteiger partial charge in [-0.3, -0.25) is 9.48 Å².